The van der Waals surface area contributed by atoms with Crippen molar-refractivity contribution in [3.05, 3.63) is 54.1 Å². The molecule has 1 atom stereocenters. The molecular formula is C22H28N2O4S. The Morgan fingerprint density at radius 2 is 1.83 bits per heavy atom. The predicted octanol–water partition coefficient (Wildman–Crippen LogP) is 3.86. The lowest BCUT2D eigenvalue weighted by atomic mass is 9.97. The Bertz CT molecular complexity index is 955. The number of methoxy groups -OCH3 is 1. The van der Waals surface area contributed by atoms with Gasteiger partial charge in [0.25, 0.3) is 0 Å². The lowest BCUT2D eigenvalue weighted by molar-refractivity contribution is -0.120. The number of piperidine rings is 1. The molecule has 0 unspecified atom stereocenters. The summed E-state index contributed by atoms with van der Waals surface area (Å²) in [6, 6.07) is 14.1. The Morgan fingerprint density at radius 1 is 1.14 bits per heavy atom. The maximum absolute atomic E-state index is 13.0. The fourth-order valence-electron chi connectivity index (χ4n) is 3.62. The molecule has 6 nitrogen and oxygen atoms in total. The second-order valence-electron chi connectivity index (χ2n) is 7.61. The summed E-state index contributed by atoms with van der Waals surface area (Å²) in [6.45, 7) is 4.76. The van der Waals surface area contributed by atoms with Crippen molar-refractivity contribution in [2.45, 2.75) is 37.5 Å². The summed E-state index contributed by atoms with van der Waals surface area (Å²) < 4.78 is 32.5. The molecule has 1 amide bonds. The van der Waals surface area contributed by atoms with Crippen LogP contribution in [0.2, 0.25) is 0 Å². The van der Waals surface area contributed by atoms with Crippen molar-refractivity contribution in [3.8, 4) is 5.75 Å². The first kappa shape index (κ1) is 21.3. The molecule has 7 heteroatoms. The molecule has 1 aliphatic rings. The molecule has 0 spiro atoms. The zero-order valence-electron chi connectivity index (χ0n) is 17.1. The van der Waals surface area contributed by atoms with E-state index in [9.17, 15) is 13.2 Å². The van der Waals surface area contributed by atoms with E-state index in [2.05, 4.69) is 19.2 Å². The number of nitrogens with one attached hydrogen (secondary N) is 1. The molecule has 29 heavy (non-hydrogen) atoms. The van der Waals surface area contributed by atoms with Crippen molar-refractivity contribution in [1.29, 1.82) is 0 Å². The molecule has 3 rings (SSSR count). The number of nitrogens with zero attached hydrogens (tertiary/aromatic N) is 1. The van der Waals surface area contributed by atoms with Gasteiger partial charge in [0.2, 0.25) is 15.9 Å². The minimum absolute atomic E-state index is 0.132. The van der Waals surface area contributed by atoms with Crippen LogP contribution in [0.4, 0.5) is 5.69 Å². The molecule has 1 aliphatic heterocycles. The largest absolute Gasteiger partial charge is 0.497 e. The molecule has 0 aromatic heterocycles. The van der Waals surface area contributed by atoms with Gasteiger partial charge in [0.05, 0.1) is 17.9 Å². The smallest absolute Gasteiger partial charge is 0.243 e. The second-order valence-corrected chi connectivity index (χ2v) is 9.55. The SMILES string of the molecule is COc1ccc(S(=O)(=O)N2CCC[C@H](C(=O)Nc3ccccc3C(C)C)C2)cc1. The predicted molar refractivity (Wildman–Crippen MR) is 114 cm³/mol. The lowest BCUT2D eigenvalue weighted by Gasteiger charge is -2.31. The molecule has 0 radical (unpaired) electrons. The molecule has 1 fully saturated rings. The molecule has 0 saturated carbocycles. The van der Waals surface area contributed by atoms with Crippen LogP contribution in [-0.4, -0.2) is 38.8 Å². The number of benzene rings is 2. The maximum atomic E-state index is 13.0. The Morgan fingerprint density at radius 3 is 2.48 bits per heavy atom. The Labute approximate surface area is 172 Å². The van der Waals surface area contributed by atoms with E-state index in [1.807, 2.05) is 24.3 Å². The molecule has 0 bridgehead atoms. The topological polar surface area (TPSA) is 75.7 Å². The van der Waals surface area contributed by atoms with Crippen LogP contribution in [0.25, 0.3) is 0 Å². The monoisotopic (exact) mass is 416 g/mol. The summed E-state index contributed by atoms with van der Waals surface area (Å²) in [5, 5.41) is 3.01. The molecular weight excluding hydrogens is 388 g/mol. The van der Waals surface area contributed by atoms with Gasteiger partial charge in [-0.25, -0.2) is 8.42 Å². The van der Waals surface area contributed by atoms with Crippen LogP contribution in [0.3, 0.4) is 0 Å². The number of anilines is 1. The first-order chi connectivity index (χ1) is 13.8. The highest BCUT2D eigenvalue weighted by Gasteiger charge is 2.33. The highest BCUT2D eigenvalue weighted by atomic mass is 32.2. The van der Waals surface area contributed by atoms with Crippen LogP contribution in [0.5, 0.6) is 5.75 Å². The fourth-order valence-corrected chi connectivity index (χ4v) is 5.14. The minimum Gasteiger partial charge on any atom is -0.497 e. The second kappa shape index (κ2) is 8.97. The molecule has 2 aromatic rings. The van der Waals surface area contributed by atoms with Gasteiger partial charge in [-0.1, -0.05) is 32.0 Å². The van der Waals surface area contributed by atoms with Gasteiger partial charge >= 0.3 is 0 Å². The van der Waals surface area contributed by atoms with E-state index in [1.165, 1.54) is 23.5 Å². The zero-order chi connectivity index (χ0) is 21.0. The standard InChI is InChI=1S/C22H28N2O4S/c1-16(2)20-8-4-5-9-21(20)23-22(25)17-7-6-14-24(15-17)29(26,27)19-12-10-18(28-3)11-13-19/h4-5,8-13,16-17H,6-7,14-15H2,1-3H3,(H,23,25)/t17-/m0/s1. The van der Waals surface area contributed by atoms with E-state index in [-0.39, 0.29) is 29.2 Å². The van der Waals surface area contributed by atoms with E-state index < -0.39 is 10.0 Å². The number of hydrogen-bond acceptors (Lipinski definition) is 4. The number of rotatable bonds is 6. The van der Waals surface area contributed by atoms with Crippen molar-refractivity contribution < 1.29 is 17.9 Å². The van der Waals surface area contributed by atoms with Crippen LogP contribution in [0.1, 0.15) is 38.2 Å². The van der Waals surface area contributed by atoms with Crippen molar-refractivity contribution in [2.24, 2.45) is 5.92 Å². The summed E-state index contributed by atoms with van der Waals surface area (Å²) >= 11 is 0. The van der Waals surface area contributed by atoms with Gasteiger partial charge in [-0.15, -0.1) is 0 Å². The number of amides is 1. The average molecular weight is 417 g/mol. The van der Waals surface area contributed by atoms with Crippen LogP contribution in [0.15, 0.2) is 53.4 Å². The Kier molecular flexibility index (Phi) is 6.59. The number of para-hydroxylation sites is 1. The van der Waals surface area contributed by atoms with Gasteiger partial charge in [0.1, 0.15) is 5.75 Å². The quantitative estimate of drug-likeness (QED) is 0.776. The van der Waals surface area contributed by atoms with E-state index >= 15 is 0 Å². The molecule has 1 saturated heterocycles. The number of sulfonamides is 1. The average Bonchev–Trinajstić information content (AvgIpc) is 2.74. The first-order valence-electron chi connectivity index (χ1n) is 9.87. The Hall–Kier alpha value is -2.38. The normalized spacial score (nSPS) is 17.9. The zero-order valence-corrected chi connectivity index (χ0v) is 17.9. The van der Waals surface area contributed by atoms with Gasteiger partial charge in [-0.2, -0.15) is 4.31 Å². The van der Waals surface area contributed by atoms with Crippen LogP contribution < -0.4 is 10.1 Å². The highest BCUT2D eigenvalue weighted by Crippen LogP contribution is 2.28. The van der Waals surface area contributed by atoms with Crippen molar-refractivity contribution >= 4 is 21.6 Å². The van der Waals surface area contributed by atoms with Gasteiger partial charge in [0.15, 0.2) is 0 Å². The fraction of sp³-hybridized carbons (Fsp3) is 0.409. The van der Waals surface area contributed by atoms with Gasteiger partial charge in [-0.3, -0.25) is 4.79 Å². The third-order valence-electron chi connectivity index (χ3n) is 5.29. The number of carbonyl (C=O) groups excluding carboxylic acids is 1. The lowest BCUT2D eigenvalue weighted by Crippen LogP contribution is -2.43. The van der Waals surface area contributed by atoms with Gasteiger partial charge in [0, 0.05) is 18.8 Å². The van der Waals surface area contributed by atoms with Gasteiger partial charge in [-0.05, 0) is 54.7 Å². The third kappa shape index (κ3) is 4.79. The summed E-state index contributed by atoms with van der Waals surface area (Å²) in [7, 11) is -2.11. The van der Waals surface area contributed by atoms with E-state index in [0.29, 0.717) is 25.1 Å². The molecule has 0 aliphatic carbocycles. The highest BCUT2D eigenvalue weighted by molar-refractivity contribution is 7.89. The van der Waals surface area contributed by atoms with Crippen molar-refractivity contribution in [2.75, 3.05) is 25.5 Å². The molecule has 156 valence electrons. The minimum atomic E-state index is -3.65. The maximum Gasteiger partial charge on any atom is 0.243 e. The van der Waals surface area contributed by atoms with E-state index in [0.717, 1.165) is 11.3 Å². The molecule has 1 N–H and O–H groups in total. The van der Waals surface area contributed by atoms with Crippen LogP contribution in [-0.2, 0) is 14.8 Å². The molecule has 2 aromatic carbocycles. The van der Waals surface area contributed by atoms with Gasteiger partial charge < -0.3 is 10.1 Å². The Balaban J connectivity index is 1.74. The number of carbonyl (C=O) groups is 1. The summed E-state index contributed by atoms with van der Waals surface area (Å²) in [4.78, 5) is 13.1. The summed E-state index contributed by atoms with van der Waals surface area (Å²) in [5.41, 5.74) is 1.86. The van der Waals surface area contributed by atoms with Crippen molar-refractivity contribution in [3.63, 3.8) is 0 Å². The number of ether oxygens (including phenoxy) is 1. The summed E-state index contributed by atoms with van der Waals surface area (Å²) in [6.07, 6.45) is 1.32. The van der Waals surface area contributed by atoms with Crippen LogP contribution >= 0.6 is 0 Å². The summed E-state index contributed by atoms with van der Waals surface area (Å²) in [5.74, 6) is 0.373. The first-order valence-corrected chi connectivity index (χ1v) is 11.3. The third-order valence-corrected chi connectivity index (χ3v) is 7.17. The van der Waals surface area contributed by atoms with Crippen molar-refractivity contribution in [1.82, 2.24) is 4.31 Å². The number of hydrogen-bond donors (Lipinski definition) is 1. The van der Waals surface area contributed by atoms with E-state index in [1.54, 1.807) is 12.1 Å². The molecule has 1 heterocycles. The van der Waals surface area contributed by atoms with Crippen LogP contribution in [0, 0.1) is 5.92 Å². The van der Waals surface area contributed by atoms with E-state index in [4.69, 9.17) is 4.74 Å².